The number of hydrogen-bond acceptors (Lipinski definition) is 2. The summed E-state index contributed by atoms with van der Waals surface area (Å²) in [5, 5.41) is 3.05. The largest absolute Gasteiger partial charge is 0.335 e. The van der Waals surface area contributed by atoms with E-state index in [9.17, 15) is 4.39 Å². The van der Waals surface area contributed by atoms with Crippen LogP contribution in [0.5, 0.6) is 0 Å². The molecule has 3 nitrogen and oxygen atoms in total. The van der Waals surface area contributed by atoms with Gasteiger partial charge in [0.1, 0.15) is 5.82 Å². The molecule has 2 N–H and O–H groups in total. The average Bonchev–Trinajstić information content (AvgIpc) is 2.61. The summed E-state index contributed by atoms with van der Waals surface area (Å²) in [6.45, 7) is 0.686. The minimum absolute atomic E-state index is 0.242. The fourth-order valence-electron chi connectivity index (χ4n) is 1.53. The van der Waals surface area contributed by atoms with Crippen LogP contribution in [-0.4, -0.2) is 17.0 Å². The fraction of sp³-hybridized carbons (Fsp3) is 0.182. The molecule has 2 aromatic rings. The van der Waals surface area contributed by atoms with Crippen molar-refractivity contribution >= 4 is 15.9 Å². The predicted octanol–water partition coefficient (Wildman–Crippen LogP) is 2.70. The van der Waals surface area contributed by atoms with Gasteiger partial charge in [-0.05, 0) is 47.2 Å². The first-order chi connectivity index (χ1) is 7.70. The summed E-state index contributed by atoms with van der Waals surface area (Å²) < 4.78 is 13.5. The Morgan fingerprint density at radius 3 is 2.69 bits per heavy atom. The first-order valence-corrected chi connectivity index (χ1v) is 5.65. The number of aromatic nitrogens is 2. The number of H-pyrrole nitrogens is 1. The highest BCUT2D eigenvalue weighted by Gasteiger charge is 2.10. The molecule has 0 aliphatic rings. The molecule has 0 saturated heterocycles. The standard InChI is InChI=1S/C11H11BrFN3/c1-14-6-9-10(16-11(12)15-9)7-2-4-8(13)5-3-7/h2-5,14H,6H2,1H3,(H,15,16). The van der Waals surface area contributed by atoms with Gasteiger partial charge in [-0.2, -0.15) is 0 Å². The zero-order chi connectivity index (χ0) is 11.5. The van der Waals surface area contributed by atoms with Gasteiger partial charge in [0.05, 0.1) is 11.4 Å². The maximum absolute atomic E-state index is 12.8. The molecule has 0 radical (unpaired) electrons. The van der Waals surface area contributed by atoms with Gasteiger partial charge in [-0.15, -0.1) is 0 Å². The van der Waals surface area contributed by atoms with Crippen LogP contribution < -0.4 is 5.32 Å². The molecule has 0 saturated carbocycles. The van der Waals surface area contributed by atoms with Crippen LogP contribution in [0.2, 0.25) is 0 Å². The van der Waals surface area contributed by atoms with E-state index in [1.165, 1.54) is 12.1 Å². The molecule has 0 aliphatic carbocycles. The number of aromatic amines is 1. The van der Waals surface area contributed by atoms with E-state index in [2.05, 4.69) is 31.2 Å². The van der Waals surface area contributed by atoms with E-state index >= 15 is 0 Å². The van der Waals surface area contributed by atoms with Crippen molar-refractivity contribution in [3.8, 4) is 11.3 Å². The Bertz CT molecular complexity index is 478. The summed E-state index contributed by atoms with van der Waals surface area (Å²) in [5.41, 5.74) is 2.70. The Morgan fingerprint density at radius 2 is 2.06 bits per heavy atom. The Labute approximate surface area is 101 Å². The Balaban J connectivity index is 2.42. The normalized spacial score (nSPS) is 10.7. The smallest absolute Gasteiger partial charge is 0.175 e. The predicted molar refractivity (Wildman–Crippen MR) is 64.4 cm³/mol. The van der Waals surface area contributed by atoms with Gasteiger partial charge in [0.25, 0.3) is 0 Å². The van der Waals surface area contributed by atoms with Gasteiger partial charge in [0.2, 0.25) is 0 Å². The highest BCUT2D eigenvalue weighted by Crippen LogP contribution is 2.23. The maximum Gasteiger partial charge on any atom is 0.175 e. The summed E-state index contributed by atoms with van der Waals surface area (Å²) in [6, 6.07) is 6.30. The summed E-state index contributed by atoms with van der Waals surface area (Å²) in [7, 11) is 1.86. The van der Waals surface area contributed by atoms with Gasteiger partial charge in [0.15, 0.2) is 4.73 Å². The topological polar surface area (TPSA) is 40.7 Å². The Morgan fingerprint density at radius 1 is 1.38 bits per heavy atom. The van der Waals surface area contributed by atoms with Crippen LogP contribution in [0.3, 0.4) is 0 Å². The highest BCUT2D eigenvalue weighted by molar-refractivity contribution is 9.10. The van der Waals surface area contributed by atoms with Crippen molar-refractivity contribution in [1.29, 1.82) is 0 Å². The Kier molecular flexibility index (Phi) is 3.36. The molecule has 0 atom stereocenters. The number of imidazole rings is 1. The van der Waals surface area contributed by atoms with Crippen LogP contribution in [0.4, 0.5) is 4.39 Å². The average molecular weight is 284 g/mol. The third kappa shape index (κ3) is 2.31. The second-order valence-corrected chi connectivity index (χ2v) is 4.14. The molecule has 0 aliphatic heterocycles. The van der Waals surface area contributed by atoms with Crippen LogP contribution in [0, 0.1) is 5.82 Å². The quantitative estimate of drug-likeness (QED) is 0.909. The van der Waals surface area contributed by atoms with E-state index in [1.807, 2.05) is 7.05 Å². The second kappa shape index (κ2) is 4.76. The molecule has 1 aromatic carbocycles. The van der Waals surface area contributed by atoms with Gasteiger partial charge < -0.3 is 10.3 Å². The van der Waals surface area contributed by atoms with E-state index in [-0.39, 0.29) is 5.82 Å². The molecule has 0 unspecified atom stereocenters. The van der Waals surface area contributed by atoms with Crippen molar-refractivity contribution in [2.24, 2.45) is 0 Å². The van der Waals surface area contributed by atoms with Gasteiger partial charge >= 0.3 is 0 Å². The molecule has 16 heavy (non-hydrogen) atoms. The SMILES string of the molecule is CNCc1[nH]c(Br)nc1-c1ccc(F)cc1. The maximum atomic E-state index is 12.8. The van der Waals surface area contributed by atoms with Gasteiger partial charge in [-0.25, -0.2) is 9.37 Å². The summed E-state index contributed by atoms with van der Waals surface area (Å²) in [6.07, 6.45) is 0. The summed E-state index contributed by atoms with van der Waals surface area (Å²) in [4.78, 5) is 7.44. The fourth-order valence-corrected chi connectivity index (χ4v) is 1.95. The van der Waals surface area contributed by atoms with Crippen LogP contribution in [-0.2, 0) is 6.54 Å². The lowest BCUT2D eigenvalue weighted by molar-refractivity contribution is 0.628. The third-order valence-corrected chi connectivity index (χ3v) is 2.60. The zero-order valence-corrected chi connectivity index (χ0v) is 10.3. The molecule has 0 amide bonds. The van der Waals surface area contributed by atoms with Crippen molar-refractivity contribution in [3.05, 3.63) is 40.5 Å². The molecular formula is C11H11BrFN3. The number of hydrogen-bond donors (Lipinski definition) is 2. The highest BCUT2D eigenvalue weighted by atomic mass is 79.9. The second-order valence-electron chi connectivity index (χ2n) is 3.39. The number of nitrogens with one attached hydrogen (secondary N) is 2. The first-order valence-electron chi connectivity index (χ1n) is 4.85. The van der Waals surface area contributed by atoms with E-state index in [1.54, 1.807) is 12.1 Å². The number of rotatable bonds is 3. The monoisotopic (exact) mass is 283 g/mol. The summed E-state index contributed by atoms with van der Waals surface area (Å²) >= 11 is 3.30. The van der Waals surface area contributed by atoms with Crippen molar-refractivity contribution in [3.63, 3.8) is 0 Å². The van der Waals surface area contributed by atoms with Crippen molar-refractivity contribution in [1.82, 2.24) is 15.3 Å². The minimum Gasteiger partial charge on any atom is -0.335 e. The lowest BCUT2D eigenvalue weighted by Crippen LogP contribution is -2.06. The molecule has 2 rings (SSSR count). The number of halogens is 2. The van der Waals surface area contributed by atoms with E-state index in [0.29, 0.717) is 11.3 Å². The first kappa shape index (κ1) is 11.3. The summed E-state index contributed by atoms with van der Waals surface area (Å²) in [5.74, 6) is -0.242. The Hall–Kier alpha value is -1.20. The van der Waals surface area contributed by atoms with Crippen LogP contribution in [0.1, 0.15) is 5.69 Å². The van der Waals surface area contributed by atoms with Crippen LogP contribution >= 0.6 is 15.9 Å². The van der Waals surface area contributed by atoms with Crippen LogP contribution in [0.25, 0.3) is 11.3 Å². The van der Waals surface area contributed by atoms with Gasteiger partial charge in [0, 0.05) is 12.1 Å². The van der Waals surface area contributed by atoms with E-state index in [4.69, 9.17) is 0 Å². The van der Waals surface area contributed by atoms with Gasteiger partial charge in [-0.3, -0.25) is 0 Å². The molecule has 5 heteroatoms. The molecule has 0 bridgehead atoms. The third-order valence-electron chi connectivity index (χ3n) is 2.22. The van der Waals surface area contributed by atoms with E-state index in [0.717, 1.165) is 17.0 Å². The zero-order valence-electron chi connectivity index (χ0n) is 8.72. The molecule has 0 spiro atoms. The molecule has 1 aromatic heterocycles. The number of benzene rings is 1. The number of nitrogens with zero attached hydrogens (tertiary/aromatic N) is 1. The molecule has 0 fully saturated rings. The molecule has 1 heterocycles. The van der Waals surface area contributed by atoms with Crippen LogP contribution in [0.15, 0.2) is 29.0 Å². The lowest BCUT2D eigenvalue weighted by Gasteiger charge is -2.01. The van der Waals surface area contributed by atoms with E-state index < -0.39 is 0 Å². The molecular weight excluding hydrogens is 273 g/mol. The van der Waals surface area contributed by atoms with Crippen molar-refractivity contribution in [2.45, 2.75) is 6.54 Å². The van der Waals surface area contributed by atoms with Crippen molar-refractivity contribution < 1.29 is 4.39 Å². The van der Waals surface area contributed by atoms with Gasteiger partial charge in [-0.1, -0.05) is 0 Å². The minimum atomic E-state index is -0.242. The lowest BCUT2D eigenvalue weighted by atomic mass is 10.1. The van der Waals surface area contributed by atoms with Crippen molar-refractivity contribution in [2.75, 3.05) is 7.05 Å². The molecule has 84 valence electrons.